The normalized spacial score (nSPS) is 23.3. The summed E-state index contributed by atoms with van der Waals surface area (Å²) in [6.45, 7) is 3.60. The zero-order chi connectivity index (χ0) is 19.6. The van der Waals surface area contributed by atoms with Crippen molar-refractivity contribution in [2.75, 3.05) is 26.5 Å². The minimum Gasteiger partial charge on any atom is -0.466 e. The average Bonchev–Trinajstić information content (AvgIpc) is 3.22. The number of hydrogen-bond acceptors (Lipinski definition) is 5. The largest absolute Gasteiger partial charge is 0.466 e. The van der Waals surface area contributed by atoms with Crippen molar-refractivity contribution >= 4 is 11.9 Å². The summed E-state index contributed by atoms with van der Waals surface area (Å²) in [4.78, 5) is 27.9. The Morgan fingerprint density at radius 2 is 1.93 bits per heavy atom. The van der Waals surface area contributed by atoms with Crippen molar-refractivity contribution in [1.82, 2.24) is 4.90 Å². The van der Waals surface area contributed by atoms with E-state index in [9.17, 15) is 9.59 Å². The maximum atomic E-state index is 13.8. The SMILES string of the molecule is CCOC(=O)[C@@H]1CCCN(C(=O)C2(c3ccc4c(c3)OCO4)CCCCC2)C1. The molecule has 1 aromatic rings. The van der Waals surface area contributed by atoms with Crippen LogP contribution in [0.4, 0.5) is 0 Å². The molecule has 6 heteroatoms. The van der Waals surface area contributed by atoms with Crippen LogP contribution >= 0.6 is 0 Å². The van der Waals surface area contributed by atoms with Gasteiger partial charge in [0.2, 0.25) is 12.7 Å². The van der Waals surface area contributed by atoms with Crippen LogP contribution in [0.25, 0.3) is 0 Å². The van der Waals surface area contributed by atoms with Gasteiger partial charge in [0.1, 0.15) is 0 Å². The van der Waals surface area contributed by atoms with Gasteiger partial charge in [-0.25, -0.2) is 0 Å². The molecule has 0 radical (unpaired) electrons. The molecule has 0 N–H and O–H groups in total. The van der Waals surface area contributed by atoms with Crippen molar-refractivity contribution in [1.29, 1.82) is 0 Å². The first-order valence-electron chi connectivity index (χ1n) is 10.5. The fourth-order valence-electron chi connectivity index (χ4n) is 4.89. The lowest BCUT2D eigenvalue weighted by atomic mass is 9.68. The van der Waals surface area contributed by atoms with Gasteiger partial charge in [0.15, 0.2) is 11.5 Å². The molecule has 0 aromatic heterocycles. The van der Waals surface area contributed by atoms with Crippen LogP contribution in [0, 0.1) is 5.92 Å². The summed E-state index contributed by atoms with van der Waals surface area (Å²) in [6.07, 6.45) is 6.54. The molecule has 152 valence electrons. The lowest BCUT2D eigenvalue weighted by Gasteiger charge is -2.42. The number of amides is 1. The Morgan fingerprint density at radius 3 is 2.71 bits per heavy atom. The summed E-state index contributed by atoms with van der Waals surface area (Å²) in [5.74, 6) is 1.22. The van der Waals surface area contributed by atoms with E-state index in [4.69, 9.17) is 14.2 Å². The highest BCUT2D eigenvalue weighted by Gasteiger charge is 2.45. The third-order valence-corrected chi connectivity index (χ3v) is 6.37. The minimum atomic E-state index is -0.532. The second-order valence-corrected chi connectivity index (χ2v) is 8.05. The first-order chi connectivity index (χ1) is 13.6. The fourth-order valence-corrected chi connectivity index (χ4v) is 4.89. The van der Waals surface area contributed by atoms with Gasteiger partial charge in [-0.05, 0) is 50.3 Å². The smallest absolute Gasteiger partial charge is 0.310 e. The van der Waals surface area contributed by atoms with E-state index in [0.29, 0.717) is 19.7 Å². The summed E-state index contributed by atoms with van der Waals surface area (Å²) < 4.78 is 16.2. The molecule has 0 spiro atoms. The number of carbonyl (C=O) groups excluding carboxylic acids is 2. The molecule has 2 aliphatic heterocycles. The van der Waals surface area contributed by atoms with E-state index in [0.717, 1.165) is 62.0 Å². The Labute approximate surface area is 166 Å². The van der Waals surface area contributed by atoms with Crippen molar-refractivity contribution in [2.45, 2.75) is 57.3 Å². The summed E-state index contributed by atoms with van der Waals surface area (Å²) in [6, 6.07) is 5.92. The predicted molar refractivity (Wildman–Crippen MR) is 103 cm³/mol. The molecule has 2 heterocycles. The molecular formula is C22H29NO5. The van der Waals surface area contributed by atoms with Crippen LogP contribution in [0.2, 0.25) is 0 Å². The number of ether oxygens (including phenoxy) is 3. The van der Waals surface area contributed by atoms with Crippen LogP contribution in [-0.2, 0) is 19.7 Å². The van der Waals surface area contributed by atoms with E-state index in [-0.39, 0.29) is 24.6 Å². The van der Waals surface area contributed by atoms with Crippen molar-refractivity contribution in [3.63, 3.8) is 0 Å². The fraction of sp³-hybridized carbons (Fsp3) is 0.636. The molecule has 1 aromatic carbocycles. The van der Waals surface area contributed by atoms with Crippen LogP contribution in [-0.4, -0.2) is 43.3 Å². The maximum absolute atomic E-state index is 13.8. The van der Waals surface area contributed by atoms with Gasteiger partial charge < -0.3 is 19.1 Å². The molecule has 1 saturated heterocycles. The molecule has 6 nitrogen and oxygen atoms in total. The van der Waals surface area contributed by atoms with E-state index in [2.05, 4.69) is 0 Å². The number of benzene rings is 1. The molecule has 1 saturated carbocycles. The van der Waals surface area contributed by atoms with Crippen molar-refractivity contribution in [2.24, 2.45) is 5.92 Å². The van der Waals surface area contributed by atoms with E-state index < -0.39 is 5.41 Å². The van der Waals surface area contributed by atoms with E-state index in [1.807, 2.05) is 30.0 Å². The standard InChI is InChI=1S/C22H29NO5/c1-2-26-20(24)16-7-6-12-23(14-16)21(25)22(10-4-3-5-11-22)17-8-9-18-19(13-17)28-15-27-18/h8-9,13,16H,2-7,10-12,14-15H2,1H3/t16-/m1/s1. The number of carbonyl (C=O) groups is 2. The minimum absolute atomic E-state index is 0.153. The highest BCUT2D eigenvalue weighted by Crippen LogP contribution is 2.45. The highest BCUT2D eigenvalue weighted by molar-refractivity contribution is 5.89. The van der Waals surface area contributed by atoms with Crippen molar-refractivity contribution in [3.8, 4) is 11.5 Å². The second-order valence-electron chi connectivity index (χ2n) is 8.05. The number of fused-ring (bicyclic) bond motifs is 1. The Bertz CT molecular complexity index is 740. The highest BCUT2D eigenvalue weighted by atomic mass is 16.7. The Balaban J connectivity index is 1.60. The Hall–Kier alpha value is -2.24. The zero-order valence-electron chi connectivity index (χ0n) is 16.6. The second kappa shape index (κ2) is 8.02. The van der Waals surface area contributed by atoms with Gasteiger partial charge in [0.05, 0.1) is 17.9 Å². The predicted octanol–water partition coefficient (Wildman–Crippen LogP) is 3.42. The summed E-state index contributed by atoms with van der Waals surface area (Å²) in [7, 11) is 0. The molecule has 0 bridgehead atoms. The summed E-state index contributed by atoms with van der Waals surface area (Å²) in [5, 5.41) is 0. The lowest BCUT2D eigenvalue weighted by Crippen LogP contribution is -2.52. The first-order valence-corrected chi connectivity index (χ1v) is 10.5. The van der Waals surface area contributed by atoms with Crippen LogP contribution in [0.1, 0.15) is 57.4 Å². The molecule has 0 unspecified atom stereocenters. The first kappa shape index (κ1) is 19.1. The summed E-state index contributed by atoms with van der Waals surface area (Å²) in [5.41, 5.74) is 0.482. The average molecular weight is 387 g/mol. The van der Waals surface area contributed by atoms with Gasteiger partial charge in [-0.1, -0.05) is 25.3 Å². The maximum Gasteiger partial charge on any atom is 0.310 e. The van der Waals surface area contributed by atoms with Gasteiger partial charge in [0.25, 0.3) is 0 Å². The van der Waals surface area contributed by atoms with Crippen LogP contribution in [0.5, 0.6) is 11.5 Å². The zero-order valence-corrected chi connectivity index (χ0v) is 16.6. The molecule has 4 rings (SSSR count). The van der Waals surface area contributed by atoms with Gasteiger partial charge in [-0.15, -0.1) is 0 Å². The van der Waals surface area contributed by atoms with Crippen LogP contribution in [0.3, 0.4) is 0 Å². The van der Waals surface area contributed by atoms with Crippen LogP contribution in [0.15, 0.2) is 18.2 Å². The molecule has 1 aliphatic carbocycles. The van der Waals surface area contributed by atoms with Crippen LogP contribution < -0.4 is 9.47 Å². The van der Waals surface area contributed by atoms with Gasteiger partial charge in [-0.2, -0.15) is 0 Å². The number of likely N-dealkylation sites (tertiary alicyclic amines) is 1. The molecular weight excluding hydrogens is 358 g/mol. The molecule has 2 fully saturated rings. The monoisotopic (exact) mass is 387 g/mol. The van der Waals surface area contributed by atoms with Gasteiger partial charge >= 0.3 is 5.97 Å². The van der Waals surface area contributed by atoms with Crippen molar-refractivity contribution < 1.29 is 23.8 Å². The van der Waals surface area contributed by atoms with Crippen molar-refractivity contribution in [3.05, 3.63) is 23.8 Å². The quantitative estimate of drug-likeness (QED) is 0.741. The number of piperidine rings is 1. The van der Waals surface area contributed by atoms with E-state index in [1.54, 1.807) is 0 Å². The lowest BCUT2D eigenvalue weighted by molar-refractivity contribution is -0.152. The summed E-state index contributed by atoms with van der Waals surface area (Å²) >= 11 is 0. The third kappa shape index (κ3) is 3.45. The number of hydrogen-bond donors (Lipinski definition) is 0. The van der Waals surface area contributed by atoms with Gasteiger partial charge in [0, 0.05) is 13.1 Å². The number of esters is 1. The third-order valence-electron chi connectivity index (χ3n) is 6.37. The Morgan fingerprint density at radius 1 is 1.14 bits per heavy atom. The Kier molecular flexibility index (Phi) is 5.47. The molecule has 1 amide bonds. The number of nitrogens with zero attached hydrogens (tertiary/aromatic N) is 1. The molecule has 3 aliphatic rings. The molecule has 1 atom stereocenters. The topological polar surface area (TPSA) is 65.1 Å². The van der Waals surface area contributed by atoms with Gasteiger partial charge in [-0.3, -0.25) is 9.59 Å². The van der Waals surface area contributed by atoms with E-state index in [1.165, 1.54) is 0 Å². The molecule has 28 heavy (non-hydrogen) atoms. The number of rotatable bonds is 4. The van der Waals surface area contributed by atoms with E-state index >= 15 is 0 Å².